The quantitative estimate of drug-likeness (QED) is 0.132. The normalized spacial score (nSPS) is 23.3. The third-order valence-electron chi connectivity index (χ3n) is 14.0. The topological polar surface area (TPSA) is 166 Å². The second-order valence-electron chi connectivity index (χ2n) is 17.8. The zero-order chi connectivity index (χ0) is 40.8. The summed E-state index contributed by atoms with van der Waals surface area (Å²) in [6.07, 6.45) is 12.7. The van der Waals surface area contributed by atoms with Crippen molar-refractivity contribution in [3.63, 3.8) is 0 Å². The van der Waals surface area contributed by atoms with E-state index >= 15 is 0 Å². The molecule has 1 saturated carbocycles. The van der Waals surface area contributed by atoms with Crippen LogP contribution in [0.15, 0.2) is 47.1 Å². The Bertz CT molecular complexity index is 2250. The fourth-order valence-electron chi connectivity index (χ4n) is 10.4. The fraction of sp³-hybridized carbons (Fsp3) is 0.523. The van der Waals surface area contributed by atoms with Gasteiger partial charge in [-0.05, 0) is 105 Å². The van der Waals surface area contributed by atoms with Gasteiger partial charge in [0, 0.05) is 92.8 Å². The van der Waals surface area contributed by atoms with Gasteiger partial charge in [0.15, 0.2) is 17.1 Å². The summed E-state index contributed by atoms with van der Waals surface area (Å²) in [6, 6.07) is 13.8. The number of primary amides is 1. The molecule has 5 heterocycles. The van der Waals surface area contributed by atoms with Crippen LogP contribution in [0.25, 0.3) is 11.0 Å². The van der Waals surface area contributed by atoms with Gasteiger partial charge in [-0.1, -0.05) is 32.2 Å². The predicted octanol–water partition coefficient (Wildman–Crippen LogP) is 4.84. The number of aromatic nitrogens is 3. The van der Waals surface area contributed by atoms with Gasteiger partial charge in [0.2, 0.25) is 12.3 Å². The van der Waals surface area contributed by atoms with E-state index in [9.17, 15) is 14.4 Å². The summed E-state index contributed by atoms with van der Waals surface area (Å²) in [5.41, 5.74) is 13.7. The first kappa shape index (κ1) is 39.5. The van der Waals surface area contributed by atoms with E-state index < -0.39 is 5.91 Å². The lowest BCUT2D eigenvalue weighted by molar-refractivity contribution is -0.120. The molecule has 310 valence electrons. The van der Waals surface area contributed by atoms with E-state index in [4.69, 9.17) is 15.2 Å². The number of benzene rings is 2. The zero-order valence-corrected chi connectivity index (χ0v) is 35.1. The maximum Gasteiger partial charge on any atom is 0.271 e. The number of nitrogens with zero attached hydrogens (tertiary/aromatic N) is 7. The van der Waals surface area contributed by atoms with Crippen LogP contribution in [0.5, 0.6) is 0 Å². The summed E-state index contributed by atoms with van der Waals surface area (Å²) in [5.74, 6) is 1.02. The molecule has 3 amide bonds. The highest BCUT2D eigenvalue weighted by molar-refractivity contribution is 7.21. The molecule has 59 heavy (non-hydrogen) atoms. The highest BCUT2D eigenvalue weighted by Gasteiger charge is 2.48. The van der Waals surface area contributed by atoms with Gasteiger partial charge >= 0.3 is 0 Å². The zero-order valence-electron chi connectivity index (χ0n) is 34.1. The summed E-state index contributed by atoms with van der Waals surface area (Å²) in [7, 11) is 7.53. The van der Waals surface area contributed by atoms with Crippen molar-refractivity contribution in [3.05, 3.63) is 70.7 Å². The fourth-order valence-corrected chi connectivity index (χ4v) is 10.8. The van der Waals surface area contributed by atoms with Gasteiger partial charge in [0.05, 0.1) is 6.20 Å². The van der Waals surface area contributed by atoms with Crippen molar-refractivity contribution in [1.29, 1.82) is 0 Å². The number of fused-ring (bicyclic) bond motifs is 3. The summed E-state index contributed by atoms with van der Waals surface area (Å²) < 4.78 is 6.01. The van der Waals surface area contributed by atoms with Gasteiger partial charge in [-0.2, -0.15) is 0 Å². The Morgan fingerprint density at radius 2 is 1.88 bits per heavy atom. The van der Waals surface area contributed by atoms with Gasteiger partial charge in [0.25, 0.3) is 5.91 Å². The van der Waals surface area contributed by atoms with Crippen molar-refractivity contribution in [1.82, 2.24) is 35.1 Å². The van der Waals surface area contributed by atoms with Crippen LogP contribution in [0.2, 0.25) is 0 Å². The van der Waals surface area contributed by atoms with Crippen molar-refractivity contribution in [2.45, 2.75) is 88.1 Å². The Morgan fingerprint density at radius 3 is 2.63 bits per heavy atom. The van der Waals surface area contributed by atoms with Gasteiger partial charge in [0.1, 0.15) is 11.5 Å². The van der Waals surface area contributed by atoms with Crippen LogP contribution in [0.1, 0.15) is 96.1 Å². The number of nitrogens with one attached hydrogen (secondary N) is 2. The van der Waals surface area contributed by atoms with Gasteiger partial charge in [-0.15, -0.1) is 0 Å². The molecule has 14 nitrogen and oxygen atoms in total. The van der Waals surface area contributed by atoms with Crippen molar-refractivity contribution >= 4 is 60.8 Å². The monoisotopic (exact) mass is 818 g/mol. The molecule has 4 N–H and O–H groups in total. The van der Waals surface area contributed by atoms with Crippen molar-refractivity contribution in [3.8, 4) is 0 Å². The summed E-state index contributed by atoms with van der Waals surface area (Å²) >= 11 is 0. The van der Waals surface area contributed by atoms with Crippen LogP contribution in [-0.4, -0.2) is 119 Å². The van der Waals surface area contributed by atoms with Crippen LogP contribution in [0.4, 0.5) is 17.3 Å². The van der Waals surface area contributed by atoms with E-state index in [2.05, 4.69) is 87.8 Å². The molecule has 3 aliphatic heterocycles. The molecule has 2 aromatic heterocycles. The van der Waals surface area contributed by atoms with E-state index in [1.807, 2.05) is 0 Å². The Hall–Kier alpha value is -4.91. The SMILES string of the molecule is CN(C=O)CCN(C)C1CCCN(c2cnc(C(N)=O)c(Nc3ccc(C4CCC5(CC4)CN(C4Cc6ccc7c(C8CCC(=O)NC8=P)noc7c6C4)C5)cc3)n2)C1. The van der Waals surface area contributed by atoms with E-state index in [1.165, 1.54) is 42.4 Å². The number of likely N-dealkylation sites (N-methyl/N-ethyl adjacent to an activating group) is 2. The Kier molecular flexibility index (Phi) is 10.9. The molecule has 3 saturated heterocycles. The first-order valence-corrected chi connectivity index (χ1v) is 21.7. The number of carbonyl (C=O) groups excluding carboxylic acids is 3. The largest absolute Gasteiger partial charge is 0.364 e. The van der Waals surface area contributed by atoms with Crippen LogP contribution in [-0.2, 0) is 22.4 Å². The molecule has 3 atom stereocenters. The Balaban J connectivity index is 0.785. The maximum absolute atomic E-state index is 12.4. The highest BCUT2D eigenvalue weighted by Crippen LogP contribution is 2.50. The number of likely N-dealkylation sites (tertiary alicyclic amines) is 1. The molecule has 15 heteroatoms. The van der Waals surface area contributed by atoms with E-state index in [-0.39, 0.29) is 17.5 Å². The third-order valence-corrected chi connectivity index (χ3v) is 14.5. The van der Waals surface area contributed by atoms with Gasteiger partial charge in [-0.3, -0.25) is 24.2 Å². The second kappa shape index (κ2) is 16.3. The van der Waals surface area contributed by atoms with Crippen LogP contribution < -0.4 is 21.3 Å². The van der Waals surface area contributed by atoms with Crippen LogP contribution in [0.3, 0.4) is 0 Å². The molecule has 2 aliphatic carbocycles. The molecule has 1 spiro atoms. The molecule has 3 unspecified atom stereocenters. The number of nitrogens with two attached hydrogens (primary N) is 1. The first-order chi connectivity index (χ1) is 28.6. The van der Waals surface area contributed by atoms with E-state index in [0.717, 1.165) is 99.0 Å². The molecular weight excluding hydrogens is 764 g/mol. The number of rotatable bonds is 12. The summed E-state index contributed by atoms with van der Waals surface area (Å²) in [5, 5.41) is 11.9. The summed E-state index contributed by atoms with van der Waals surface area (Å²) in [4.78, 5) is 53.5. The van der Waals surface area contributed by atoms with Crippen LogP contribution >= 0.6 is 8.86 Å². The number of piperidine rings is 2. The molecule has 4 fully saturated rings. The van der Waals surface area contributed by atoms with E-state index in [0.29, 0.717) is 48.0 Å². The molecule has 9 rings (SSSR count). The summed E-state index contributed by atoms with van der Waals surface area (Å²) in [6.45, 7) is 5.42. The third kappa shape index (κ3) is 7.94. The predicted molar refractivity (Wildman–Crippen MR) is 231 cm³/mol. The van der Waals surface area contributed by atoms with Crippen molar-refractivity contribution < 1.29 is 18.9 Å². The molecule has 5 aliphatic rings. The molecule has 0 radical (unpaired) electrons. The number of carbonyl (C=O) groups is 3. The van der Waals surface area contributed by atoms with Crippen molar-refractivity contribution in [2.24, 2.45) is 11.1 Å². The Morgan fingerprint density at radius 1 is 1.08 bits per heavy atom. The Labute approximate surface area is 347 Å². The minimum Gasteiger partial charge on any atom is -0.364 e. The standard InChI is InChI=1S/C44H55N10O4P/c1-51(26-55)18-19-52(2)31-4-3-17-53(23-31)36-22-46-39(41(45)57)42(48-36)47-30-8-5-27(6-9-30)28-13-15-44(16-14-28)24-54(25-44)32-20-29-7-10-33-38(50-58-40(33)35(29)21-32)34-11-12-37(56)49-43(34)59/h5-10,22,26,28,31-32,34,59H,3-4,11-21,23-25H2,1-2H3,(H2,45,57)(H,47,48)(H,49,56). The first-order valence-electron chi connectivity index (χ1n) is 21.2. The van der Waals surface area contributed by atoms with Gasteiger partial charge in [-0.25, -0.2) is 9.97 Å². The average Bonchev–Trinajstić information content (AvgIpc) is 3.87. The lowest BCUT2D eigenvalue weighted by atomic mass is 9.64. The van der Waals surface area contributed by atoms with Gasteiger partial charge < -0.3 is 30.7 Å². The molecule has 2 aromatic carbocycles. The highest BCUT2D eigenvalue weighted by atomic mass is 31.0. The number of anilines is 3. The number of hydrogen-bond donors (Lipinski definition) is 3. The van der Waals surface area contributed by atoms with Crippen LogP contribution in [0, 0.1) is 5.41 Å². The van der Waals surface area contributed by atoms with E-state index in [1.54, 1.807) is 18.1 Å². The molecule has 4 aromatic rings. The number of amides is 3. The smallest absolute Gasteiger partial charge is 0.271 e. The minimum atomic E-state index is -0.622. The molecule has 0 bridgehead atoms. The maximum atomic E-state index is 12.4. The minimum absolute atomic E-state index is 0.0114. The molecular formula is C44H55N10O4P. The lowest BCUT2D eigenvalue weighted by Crippen LogP contribution is -2.61. The average molecular weight is 819 g/mol. The number of hydrogen-bond acceptors (Lipinski definition) is 11. The second-order valence-corrected chi connectivity index (χ2v) is 18.3. The lowest BCUT2D eigenvalue weighted by Gasteiger charge is -2.56. The van der Waals surface area contributed by atoms with Crippen molar-refractivity contribution in [2.75, 3.05) is 63.6 Å².